The molecule has 4 rings (SSSR count). The van der Waals surface area contributed by atoms with Gasteiger partial charge in [0.2, 0.25) is 0 Å². The Morgan fingerprint density at radius 3 is 2.68 bits per heavy atom. The van der Waals surface area contributed by atoms with Crippen molar-refractivity contribution >= 4 is 0 Å². The molecule has 1 aromatic heterocycles. The van der Waals surface area contributed by atoms with E-state index in [4.69, 9.17) is 4.74 Å². The fourth-order valence-electron chi connectivity index (χ4n) is 4.76. The van der Waals surface area contributed by atoms with E-state index in [2.05, 4.69) is 17.1 Å². The number of nitrogens with zero attached hydrogens (tertiary/aromatic N) is 1. The molecule has 2 fully saturated rings. The van der Waals surface area contributed by atoms with Gasteiger partial charge < -0.3 is 4.74 Å². The normalized spacial score (nSPS) is 27.4. The topological polar surface area (TPSA) is 55.0 Å². The van der Waals surface area contributed by atoms with Gasteiger partial charge in [-0.15, -0.1) is 0 Å². The molecule has 2 aliphatic rings. The summed E-state index contributed by atoms with van der Waals surface area (Å²) < 4.78 is 47.6. The van der Waals surface area contributed by atoms with E-state index in [0.717, 1.165) is 44.6 Å². The number of ether oxygens (including phenoxy) is 1. The highest BCUT2D eigenvalue weighted by molar-refractivity contribution is 5.62. The molecule has 0 aliphatic heterocycles. The minimum absolute atomic E-state index is 0.115. The summed E-state index contributed by atoms with van der Waals surface area (Å²) >= 11 is 0. The largest absolute Gasteiger partial charge is 0.487 e. The third-order valence-electron chi connectivity index (χ3n) is 6.04. The van der Waals surface area contributed by atoms with E-state index in [0.29, 0.717) is 11.8 Å². The first-order valence-corrected chi connectivity index (χ1v) is 9.70. The maximum atomic E-state index is 13.8. The Balaban J connectivity index is 1.70. The quantitative estimate of drug-likeness (QED) is 0.782. The Labute approximate surface area is 161 Å². The number of halogens is 3. The molecule has 0 radical (unpaired) electrons. The molecule has 1 N–H and O–H groups in total. The van der Waals surface area contributed by atoms with Crippen molar-refractivity contribution in [3.63, 3.8) is 0 Å². The van der Waals surface area contributed by atoms with Crippen LogP contribution in [0.1, 0.15) is 51.0 Å². The number of H-pyrrole nitrogens is 1. The molecule has 2 saturated carbocycles. The van der Waals surface area contributed by atoms with Gasteiger partial charge >= 0.3 is 6.18 Å². The lowest BCUT2D eigenvalue weighted by molar-refractivity contribution is -0.140. The molecular formula is C21H23F3N2O2. The van der Waals surface area contributed by atoms with Crippen molar-refractivity contribution in [2.24, 2.45) is 11.8 Å². The summed E-state index contributed by atoms with van der Waals surface area (Å²) in [6, 6.07) is 6.66. The van der Waals surface area contributed by atoms with Crippen molar-refractivity contribution in [3.05, 3.63) is 46.2 Å². The predicted octanol–water partition coefficient (Wildman–Crippen LogP) is 5.19. The number of rotatable bonds is 3. The summed E-state index contributed by atoms with van der Waals surface area (Å²) in [6.45, 7) is 2.15. The number of fused-ring (bicyclic) bond motifs is 2. The highest BCUT2D eigenvalue weighted by Gasteiger charge is 2.46. The van der Waals surface area contributed by atoms with Crippen molar-refractivity contribution in [1.82, 2.24) is 10.2 Å². The van der Waals surface area contributed by atoms with Crippen molar-refractivity contribution < 1.29 is 17.9 Å². The zero-order valence-corrected chi connectivity index (χ0v) is 15.7. The standard InChI is InChI=1S/C21H23F3N2O2/c1-13-2-3-14-8-9-20(11-13,12-14)28-18-6-4-15(10-16(18)21(22,23)24)17-5-7-19(27)26-25-17/h4-7,10,13-14H,2-3,8-9,11-12H2,1H3,(H,26,27). The van der Waals surface area contributed by atoms with Gasteiger partial charge in [0.1, 0.15) is 11.4 Å². The van der Waals surface area contributed by atoms with Crippen LogP contribution in [0.5, 0.6) is 5.75 Å². The Morgan fingerprint density at radius 1 is 1.14 bits per heavy atom. The molecule has 0 amide bonds. The first kappa shape index (κ1) is 19.0. The molecule has 3 unspecified atom stereocenters. The van der Waals surface area contributed by atoms with Crippen LogP contribution in [0.2, 0.25) is 0 Å². The number of benzene rings is 1. The van der Waals surface area contributed by atoms with Crippen LogP contribution in [0.4, 0.5) is 13.2 Å². The number of hydrogen-bond acceptors (Lipinski definition) is 3. The van der Waals surface area contributed by atoms with Gasteiger partial charge in [0, 0.05) is 11.6 Å². The maximum Gasteiger partial charge on any atom is 0.419 e. The zero-order chi connectivity index (χ0) is 19.9. The fourth-order valence-corrected chi connectivity index (χ4v) is 4.76. The van der Waals surface area contributed by atoms with E-state index in [1.165, 1.54) is 18.2 Å². The van der Waals surface area contributed by atoms with E-state index in [9.17, 15) is 18.0 Å². The van der Waals surface area contributed by atoms with Crippen molar-refractivity contribution in [2.75, 3.05) is 0 Å². The Hall–Kier alpha value is -2.31. The molecule has 1 aromatic carbocycles. The minimum atomic E-state index is -4.54. The molecule has 7 heteroatoms. The summed E-state index contributed by atoms with van der Waals surface area (Å²) in [5.74, 6) is 0.878. The second-order valence-corrected chi connectivity index (χ2v) is 8.30. The van der Waals surface area contributed by atoms with Crippen LogP contribution in [-0.4, -0.2) is 15.8 Å². The van der Waals surface area contributed by atoms with Crippen LogP contribution in [0, 0.1) is 11.8 Å². The molecule has 4 nitrogen and oxygen atoms in total. The average molecular weight is 392 g/mol. The third kappa shape index (κ3) is 3.80. The Bertz CT molecular complexity index is 904. The number of hydrogen-bond donors (Lipinski definition) is 1. The van der Waals surface area contributed by atoms with Gasteiger partial charge in [0.05, 0.1) is 11.3 Å². The summed E-state index contributed by atoms with van der Waals surface area (Å²) in [5.41, 5.74) is -1.14. The SMILES string of the molecule is CC1CCC2CCC(Oc3ccc(-c4ccc(=O)[nH]n4)cc3C(F)(F)F)(C1)C2. The van der Waals surface area contributed by atoms with Crippen LogP contribution in [0.25, 0.3) is 11.3 Å². The summed E-state index contributed by atoms with van der Waals surface area (Å²) in [7, 11) is 0. The lowest BCUT2D eigenvalue weighted by atomic mass is 9.89. The predicted molar refractivity (Wildman–Crippen MR) is 99.0 cm³/mol. The molecule has 0 spiro atoms. The minimum Gasteiger partial charge on any atom is -0.487 e. The van der Waals surface area contributed by atoms with Gasteiger partial charge in [-0.3, -0.25) is 4.79 Å². The smallest absolute Gasteiger partial charge is 0.419 e. The summed E-state index contributed by atoms with van der Waals surface area (Å²) in [6.07, 6.45) is 1.16. The molecule has 2 aliphatic carbocycles. The van der Waals surface area contributed by atoms with Crippen molar-refractivity contribution in [3.8, 4) is 17.0 Å². The molecule has 150 valence electrons. The Morgan fingerprint density at radius 2 is 1.96 bits per heavy atom. The second-order valence-electron chi connectivity index (χ2n) is 8.30. The molecule has 2 aromatic rings. The monoisotopic (exact) mass is 392 g/mol. The lowest BCUT2D eigenvalue weighted by Gasteiger charge is -2.33. The molecule has 2 bridgehead atoms. The van der Waals surface area contributed by atoms with Crippen LogP contribution < -0.4 is 10.3 Å². The Kier molecular flexibility index (Phi) is 4.71. The number of nitrogens with one attached hydrogen (secondary N) is 1. The van der Waals surface area contributed by atoms with E-state index in [-0.39, 0.29) is 17.0 Å². The van der Waals surface area contributed by atoms with E-state index < -0.39 is 22.9 Å². The van der Waals surface area contributed by atoms with Gasteiger partial charge in [0.15, 0.2) is 0 Å². The van der Waals surface area contributed by atoms with Crippen LogP contribution in [0.15, 0.2) is 35.1 Å². The average Bonchev–Trinajstić information content (AvgIpc) is 2.94. The van der Waals surface area contributed by atoms with Gasteiger partial charge in [0.25, 0.3) is 5.56 Å². The first-order chi connectivity index (χ1) is 13.2. The van der Waals surface area contributed by atoms with E-state index in [1.807, 2.05) is 0 Å². The van der Waals surface area contributed by atoms with E-state index in [1.54, 1.807) is 6.07 Å². The maximum absolute atomic E-state index is 13.8. The van der Waals surface area contributed by atoms with Crippen molar-refractivity contribution in [1.29, 1.82) is 0 Å². The summed E-state index contributed by atoms with van der Waals surface area (Å²) in [5, 5.41) is 6.08. The zero-order valence-electron chi connectivity index (χ0n) is 15.7. The molecule has 28 heavy (non-hydrogen) atoms. The first-order valence-electron chi connectivity index (χ1n) is 9.70. The van der Waals surface area contributed by atoms with Gasteiger partial charge in [-0.1, -0.05) is 19.8 Å². The van der Waals surface area contributed by atoms with Gasteiger partial charge in [-0.05, 0) is 61.8 Å². The summed E-state index contributed by atoms with van der Waals surface area (Å²) in [4.78, 5) is 11.2. The number of aromatic amines is 1. The molecule has 1 heterocycles. The van der Waals surface area contributed by atoms with Crippen LogP contribution in [0.3, 0.4) is 0 Å². The van der Waals surface area contributed by atoms with E-state index >= 15 is 0 Å². The molecule has 3 atom stereocenters. The number of alkyl halides is 3. The fraction of sp³-hybridized carbons (Fsp3) is 0.524. The highest BCUT2D eigenvalue weighted by atomic mass is 19.4. The van der Waals surface area contributed by atoms with Gasteiger partial charge in [-0.25, -0.2) is 5.10 Å². The third-order valence-corrected chi connectivity index (χ3v) is 6.04. The second kappa shape index (κ2) is 6.94. The molecular weight excluding hydrogens is 369 g/mol. The molecule has 0 saturated heterocycles. The van der Waals surface area contributed by atoms with Gasteiger partial charge in [-0.2, -0.15) is 18.3 Å². The lowest BCUT2D eigenvalue weighted by Crippen LogP contribution is -2.35. The highest BCUT2D eigenvalue weighted by Crippen LogP contribution is 2.49. The van der Waals surface area contributed by atoms with Crippen LogP contribution in [-0.2, 0) is 6.18 Å². The van der Waals surface area contributed by atoms with Crippen molar-refractivity contribution in [2.45, 2.75) is 57.2 Å². The number of aromatic nitrogens is 2. The van der Waals surface area contributed by atoms with Crippen LogP contribution >= 0.6 is 0 Å².